The second-order valence-corrected chi connectivity index (χ2v) is 7.26. The van der Waals surface area contributed by atoms with Crippen LogP contribution in [0.3, 0.4) is 0 Å². The number of pyridine rings is 1. The number of aromatic nitrogens is 1. The number of nitriles is 1. The van der Waals surface area contributed by atoms with Crippen LogP contribution in [0.5, 0.6) is 0 Å². The zero-order valence-electron chi connectivity index (χ0n) is 13.2. The van der Waals surface area contributed by atoms with E-state index < -0.39 is 5.60 Å². The summed E-state index contributed by atoms with van der Waals surface area (Å²) in [6, 6.07) is 5.79. The van der Waals surface area contributed by atoms with Crippen molar-refractivity contribution >= 4 is 17.9 Å². The Hall–Kier alpha value is -1.74. The molecule has 2 heterocycles. The summed E-state index contributed by atoms with van der Waals surface area (Å²) in [4.78, 5) is 18.3. The molecule has 22 heavy (non-hydrogen) atoms. The van der Waals surface area contributed by atoms with Crippen LogP contribution in [0.1, 0.15) is 39.2 Å². The molecule has 0 radical (unpaired) electrons. The van der Waals surface area contributed by atoms with E-state index in [2.05, 4.69) is 11.1 Å². The van der Waals surface area contributed by atoms with E-state index in [0.29, 0.717) is 5.56 Å². The second-order valence-electron chi connectivity index (χ2n) is 6.25. The Morgan fingerprint density at radius 2 is 2.36 bits per heavy atom. The van der Waals surface area contributed by atoms with E-state index in [1.807, 2.05) is 20.8 Å². The first-order valence-corrected chi connectivity index (χ1v) is 8.37. The first kappa shape index (κ1) is 16.6. The molecule has 1 saturated heterocycles. The van der Waals surface area contributed by atoms with Gasteiger partial charge in [0.2, 0.25) is 0 Å². The molecule has 1 amide bonds. The topological polar surface area (TPSA) is 66.2 Å². The number of hydrogen-bond donors (Lipinski definition) is 0. The predicted octanol–water partition coefficient (Wildman–Crippen LogP) is 3.44. The lowest BCUT2D eigenvalue weighted by Crippen LogP contribution is -2.40. The van der Waals surface area contributed by atoms with E-state index in [0.717, 1.165) is 30.2 Å². The summed E-state index contributed by atoms with van der Waals surface area (Å²) < 4.78 is 5.46. The number of likely N-dealkylation sites (tertiary alicyclic amines) is 1. The fourth-order valence-corrected chi connectivity index (χ4v) is 3.44. The van der Waals surface area contributed by atoms with E-state index in [1.54, 1.807) is 23.2 Å². The van der Waals surface area contributed by atoms with Crippen molar-refractivity contribution in [1.29, 1.82) is 5.26 Å². The summed E-state index contributed by atoms with van der Waals surface area (Å²) in [6.07, 6.45) is 3.37. The van der Waals surface area contributed by atoms with Crippen LogP contribution in [0.15, 0.2) is 23.4 Å². The van der Waals surface area contributed by atoms with Crippen molar-refractivity contribution in [3.05, 3.63) is 23.9 Å². The largest absolute Gasteiger partial charge is 0.444 e. The molecular formula is C16H21N3O2S. The minimum absolute atomic E-state index is 0.133. The third-order valence-electron chi connectivity index (χ3n) is 3.31. The van der Waals surface area contributed by atoms with Gasteiger partial charge in [0.1, 0.15) is 16.7 Å². The molecule has 0 unspecified atom stereocenters. The fourth-order valence-electron chi connectivity index (χ4n) is 2.34. The summed E-state index contributed by atoms with van der Waals surface area (Å²) >= 11 is 1.52. The van der Waals surface area contributed by atoms with Crippen LogP contribution < -0.4 is 0 Å². The van der Waals surface area contributed by atoms with E-state index in [-0.39, 0.29) is 12.1 Å². The van der Waals surface area contributed by atoms with Gasteiger partial charge in [-0.1, -0.05) is 0 Å². The first-order chi connectivity index (χ1) is 10.4. The van der Waals surface area contributed by atoms with Crippen molar-refractivity contribution < 1.29 is 9.53 Å². The first-order valence-electron chi connectivity index (χ1n) is 7.38. The van der Waals surface area contributed by atoms with Crippen molar-refractivity contribution in [2.24, 2.45) is 0 Å². The van der Waals surface area contributed by atoms with Gasteiger partial charge in [-0.15, -0.1) is 11.8 Å². The number of carbonyl (C=O) groups excluding carboxylic acids is 1. The summed E-state index contributed by atoms with van der Waals surface area (Å²) in [5, 5.41) is 9.81. The molecule has 6 heteroatoms. The van der Waals surface area contributed by atoms with Crippen LogP contribution in [0.4, 0.5) is 4.79 Å². The van der Waals surface area contributed by atoms with E-state index in [4.69, 9.17) is 10.00 Å². The van der Waals surface area contributed by atoms with Crippen LogP contribution in [0.25, 0.3) is 0 Å². The second kappa shape index (κ2) is 7.01. The van der Waals surface area contributed by atoms with Crippen molar-refractivity contribution in [3.63, 3.8) is 0 Å². The molecule has 1 aliphatic heterocycles. The normalized spacial score (nSPS) is 18.1. The molecular weight excluding hydrogens is 298 g/mol. The molecule has 5 nitrogen and oxygen atoms in total. The number of thioether (sulfide) groups is 1. The smallest absolute Gasteiger partial charge is 0.410 e. The predicted molar refractivity (Wildman–Crippen MR) is 85.6 cm³/mol. The highest BCUT2D eigenvalue weighted by Gasteiger charge is 2.32. The average Bonchev–Trinajstić information content (AvgIpc) is 2.92. The maximum atomic E-state index is 12.2. The van der Waals surface area contributed by atoms with Gasteiger partial charge in [-0.25, -0.2) is 9.78 Å². The molecule has 1 atom stereocenters. The number of rotatable bonds is 3. The molecule has 0 N–H and O–H groups in total. The van der Waals surface area contributed by atoms with Gasteiger partial charge in [0.25, 0.3) is 0 Å². The molecule has 118 valence electrons. The van der Waals surface area contributed by atoms with Crippen LogP contribution in [-0.4, -0.2) is 39.9 Å². The molecule has 0 spiro atoms. The highest BCUT2D eigenvalue weighted by atomic mass is 32.2. The van der Waals surface area contributed by atoms with Crippen molar-refractivity contribution in [3.8, 4) is 6.07 Å². The molecule has 0 aromatic carbocycles. The monoisotopic (exact) mass is 319 g/mol. The lowest BCUT2D eigenvalue weighted by molar-refractivity contribution is 0.0242. The lowest BCUT2D eigenvalue weighted by atomic mass is 10.2. The summed E-state index contributed by atoms with van der Waals surface area (Å²) in [5.41, 5.74) is 0.0982. The Morgan fingerprint density at radius 1 is 1.59 bits per heavy atom. The number of ether oxygens (including phenoxy) is 1. The van der Waals surface area contributed by atoms with Crippen molar-refractivity contribution in [1.82, 2.24) is 9.88 Å². The zero-order chi connectivity index (χ0) is 16.2. The number of carbonyl (C=O) groups is 1. The Balaban J connectivity index is 1.97. The highest BCUT2D eigenvalue weighted by Crippen LogP contribution is 2.27. The van der Waals surface area contributed by atoms with Crippen LogP contribution in [0.2, 0.25) is 0 Å². The van der Waals surface area contributed by atoms with Gasteiger partial charge in [-0.3, -0.25) is 0 Å². The summed E-state index contributed by atoms with van der Waals surface area (Å²) in [5.74, 6) is 0.727. The quantitative estimate of drug-likeness (QED) is 0.798. The molecule has 0 aliphatic carbocycles. The van der Waals surface area contributed by atoms with Gasteiger partial charge < -0.3 is 9.64 Å². The van der Waals surface area contributed by atoms with E-state index >= 15 is 0 Å². The number of nitrogens with zero attached hydrogens (tertiary/aromatic N) is 3. The van der Waals surface area contributed by atoms with Crippen molar-refractivity contribution in [2.45, 2.75) is 50.3 Å². The van der Waals surface area contributed by atoms with Gasteiger partial charge >= 0.3 is 6.09 Å². The molecule has 1 aromatic heterocycles. The molecule has 0 saturated carbocycles. The van der Waals surface area contributed by atoms with Crippen LogP contribution >= 0.6 is 11.8 Å². The summed E-state index contributed by atoms with van der Waals surface area (Å²) in [6.45, 7) is 6.35. The Bertz CT molecular complexity index is 577. The standard InChI is InChI=1S/C16H21N3O2S/c1-16(2,3)21-15(20)19-9-5-7-13(19)11-22-14-12(10-17)6-4-8-18-14/h4,6,8,13H,5,7,9,11H2,1-3H3/t13-/m0/s1. The minimum Gasteiger partial charge on any atom is -0.444 e. The van der Waals surface area contributed by atoms with Gasteiger partial charge in [-0.05, 0) is 45.7 Å². The molecule has 2 rings (SSSR count). The van der Waals surface area contributed by atoms with Crippen LogP contribution in [0, 0.1) is 11.3 Å². The highest BCUT2D eigenvalue weighted by molar-refractivity contribution is 7.99. The zero-order valence-corrected chi connectivity index (χ0v) is 14.0. The molecule has 1 aromatic rings. The summed E-state index contributed by atoms with van der Waals surface area (Å²) in [7, 11) is 0. The minimum atomic E-state index is -0.480. The fraction of sp³-hybridized carbons (Fsp3) is 0.562. The van der Waals surface area contributed by atoms with E-state index in [1.165, 1.54) is 11.8 Å². The maximum absolute atomic E-state index is 12.2. The Labute approximate surface area is 135 Å². The maximum Gasteiger partial charge on any atom is 0.410 e. The third kappa shape index (κ3) is 4.38. The van der Waals surface area contributed by atoms with Crippen LogP contribution in [-0.2, 0) is 4.74 Å². The number of amides is 1. The molecule has 0 bridgehead atoms. The Kier molecular flexibility index (Phi) is 5.30. The molecule has 1 aliphatic rings. The average molecular weight is 319 g/mol. The Morgan fingerprint density at radius 3 is 3.05 bits per heavy atom. The van der Waals surface area contributed by atoms with Crippen molar-refractivity contribution in [2.75, 3.05) is 12.3 Å². The van der Waals surface area contributed by atoms with Gasteiger partial charge in [-0.2, -0.15) is 5.26 Å². The van der Waals surface area contributed by atoms with Gasteiger partial charge in [0.15, 0.2) is 0 Å². The van der Waals surface area contributed by atoms with Gasteiger partial charge in [0, 0.05) is 24.5 Å². The number of hydrogen-bond acceptors (Lipinski definition) is 5. The lowest BCUT2D eigenvalue weighted by Gasteiger charge is -2.28. The third-order valence-corrected chi connectivity index (χ3v) is 4.46. The van der Waals surface area contributed by atoms with E-state index in [9.17, 15) is 4.79 Å². The molecule has 1 fully saturated rings. The SMILES string of the molecule is CC(C)(C)OC(=O)N1CCC[C@H]1CSc1ncccc1C#N. The van der Waals surface area contributed by atoms with Gasteiger partial charge in [0.05, 0.1) is 5.56 Å².